The first-order valence-corrected chi connectivity index (χ1v) is 21.7. The minimum Gasteiger partial charge on any atom is -0.495 e. The Labute approximate surface area is 370 Å². The average Bonchev–Trinajstić information content (AvgIpc) is 4.02. The van der Waals surface area contributed by atoms with Crippen molar-refractivity contribution in [2.45, 2.75) is 137 Å². The summed E-state index contributed by atoms with van der Waals surface area (Å²) in [7, 11) is 1.50. The van der Waals surface area contributed by atoms with E-state index in [0.29, 0.717) is 22.8 Å². The summed E-state index contributed by atoms with van der Waals surface area (Å²) in [5.74, 6) is -2.75. The van der Waals surface area contributed by atoms with Crippen LogP contribution in [0.4, 0.5) is 0 Å². The van der Waals surface area contributed by atoms with Gasteiger partial charge in [0.2, 0.25) is 29.5 Å². The number of carbonyl (C=O) groups is 6. The van der Waals surface area contributed by atoms with Crippen molar-refractivity contribution in [2.75, 3.05) is 7.11 Å². The molecular weight excluding hydrogens is 816 g/mol. The molecule has 5 amide bonds. The van der Waals surface area contributed by atoms with E-state index >= 15 is 0 Å². The Morgan fingerprint density at radius 2 is 1.60 bits per heavy atom. The van der Waals surface area contributed by atoms with Gasteiger partial charge in [-0.05, 0) is 80.9 Å². The lowest BCUT2D eigenvalue weighted by molar-refractivity contribution is -0.157. The number of epoxide rings is 1. The highest BCUT2D eigenvalue weighted by molar-refractivity contribution is 6.32. The first-order chi connectivity index (χ1) is 29.1. The van der Waals surface area contributed by atoms with Crippen molar-refractivity contribution < 1.29 is 43.0 Å². The molecule has 2 heterocycles. The third kappa shape index (κ3) is 13.5. The lowest BCUT2D eigenvalue weighted by Crippen LogP contribution is -2.58. The number of hydrogen-bond donors (Lipinski definition) is 6. The summed E-state index contributed by atoms with van der Waals surface area (Å²) in [5, 5.41) is 14.5. The van der Waals surface area contributed by atoms with Crippen LogP contribution in [-0.2, 0) is 51.2 Å². The number of esters is 1. The van der Waals surface area contributed by atoms with Crippen LogP contribution in [0, 0.1) is 23.2 Å². The maximum Gasteiger partial charge on any atom is 0.328 e. The number of ether oxygens (including phenoxy) is 3. The molecule has 0 saturated carbocycles. The highest BCUT2D eigenvalue weighted by Crippen LogP contribution is 2.45. The van der Waals surface area contributed by atoms with Gasteiger partial charge in [0.15, 0.2) is 0 Å². The van der Waals surface area contributed by atoms with E-state index in [1.165, 1.54) is 13.2 Å². The molecule has 2 aromatic rings. The van der Waals surface area contributed by atoms with E-state index in [0.717, 1.165) is 11.1 Å². The van der Waals surface area contributed by atoms with Crippen LogP contribution in [0.25, 0.3) is 0 Å². The Bertz CT molecular complexity index is 1950. The molecule has 15 nitrogen and oxygen atoms in total. The number of hydrogen-bond acceptors (Lipinski definition) is 10. The molecule has 7 N–H and O–H groups in total. The first-order valence-electron chi connectivity index (χ1n) is 21.3. The van der Waals surface area contributed by atoms with Crippen molar-refractivity contribution in [3.8, 4) is 5.75 Å². The Balaban J connectivity index is 1.52. The summed E-state index contributed by atoms with van der Waals surface area (Å²) in [6.45, 7) is 16.4. The highest BCUT2D eigenvalue weighted by atomic mass is 35.5. The maximum atomic E-state index is 14.0. The van der Waals surface area contributed by atoms with E-state index in [-0.39, 0.29) is 61.2 Å². The minimum atomic E-state index is -1.18. The standard InChI is InChI=1S/C46H65ClN6O9/c1-24(2)20-34-44(58)61-35(26(5)39-40(62-39)31-17-14-29(15-18-31)23-49-41(55)27(6)50-43(57)38(48)25(3)4)12-11-13-37(54)52-33(22-30-16-19-36(60-10)32(47)21-30)42(56)51-28(7)46(8,9)45(59)53-34/h11,13-19,21,24-28,33-35,38-40H,12,20,22-23,48H2,1-10H3,(H,49,55)(H,50,57)(H,51,56)(H,52,54)(H,53,59)/t26-,27-,28?,33+,34-,35-,38-,39+,40+/m0/s1. The number of nitrogens with one attached hydrogen (secondary N) is 5. The maximum absolute atomic E-state index is 14.0. The number of rotatable bonds is 14. The lowest BCUT2D eigenvalue weighted by atomic mass is 9.83. The molecule has 1 unspecified atom stereocenters. The molecule has 9 atom stereocenters. The van der Waals surface area contributed by atoms with Gasteiger partial charge in [-0.3, -0.25) is 24.0 Å². The van der Waals surface area contributed by atoms with E-state index in [4.69, 9.17) is 31.5 Å². The summed E-state index contributed by atoms with van der Waals surface area (Å²) in [4.78, 5) is 80.1. The fourth-order valence-corrected chi connectivity index (χ4v) is 7.26. The van der Waals surface area contributed by atoms with Crippen LogP contribution >= 0.6 is 11.6 Å². The van der Waals surface area contributed by atoms with E-state index in [2.05, 4.69) is 26.6 Å². The van der Waals surface area contributed by atoms with Crippen molar-refractivity contribution in [1.29, 1.82) is 0 Å². The monoisotopic (exact) mass is 880 g/mol. The summed E-state index contributed by atoms with van der Waals surface area (Å²) < 4.78 is 17.6. The third-order valence-corrected chi connectivity index (χ3v) is 12.0. The second kappa shape index (κ2) is 21.9. The zero-order valence-corrected chi connectivity index (χ0v) is 38.3. The van der Waals surface area contributed by atoms with Crippen LogP contribution in [-0.4, -0.2) is 85.0 Å². The summed E-state index contributed by atoms with van der Waals surface area (Å²) >= 11 is 6.38. The second-order valence-corrected chi connectivity index (χ2v) is 18.2. The van der Waals surface area contributed by atoms with Crippen LogP contribution in [0.5, 0.6) is 5.75 Å². The molecule has 2 aliphatic heterocycles. The van der Waals surface area contributed by atoms with E-state index in [1.54, 1.807) is 52.0 Å². The number of nitrogens with two attached hydrogens (primary N) is 1. The van der Waals surface area contributed by atoms with Gasteiger partial charge in [-0.1, -0.05) is 82.6 Å². The van der Waals surface area contributed by atoms with Gasteiger partial charge in [0.25, 0.3) is 0 Å². The fraction of sp³-hybridized carbons (Fsp3) is 0.565. The Morgan fingerprint density at radius 1 is 0.935 bits per heavy atom. The number of amides is 5. The van der Waals surface area contributed by atoms with Crippen LogP contribution < -0.4 is 37.1 Å². The van der Waals surface area contributed by atoms with Gasteiger partial charge in [0.05, 0.1) is 29.7 Å². The predicted octanol–water partition coefficient (Wildman–Crippen LogP) is 4.19. The molecule has 0 radical (unpaired) electrons. The number of benzene rings is 2. The zero-order chi connectivity index (χ0) is 46.1. The number of carbonyl (C=O) groups excluding carboxylic acids is 6. The van der Waals surface area contributed by atoms with Gasteiger partial charge in [0.1, 0.15) is 36.1 Å². The Kier molecular flexibility index (Phi) is 17.5. The summed E-state index contributed by atoms with van der Waals surface area (Å²) in [6.07, 6.45) is 2.08. The quantitative estimate of drug-likeness (QED) is 0.117. The van der Waals surface area contributed by atoms with Gasteiger partial charge >= 0.3 is 5.97 Å². The zero-order valence-electron chi connectivity index (χ0n) is 37.5. The van der Waals surface area contributed by atoms with Crippen molar-refractivity contribution in [1.82, 2.24) is 26.6 Å². The Morgan fingerprint density at radius 3 is 2.21 bits per heavy atom. The Hall–Kier alpha value is -4.99. The van der Waals surface area contributed by atoms with Gasteiger partial charge in [-0.2, -0.15) is 0 Å². The molecule has 0 spiro atoms. The van der Waals surface area contributed by atoms with Crippen molar-refractivity contribution >= 4 is 47.1 Å². The molecule has 16 heteroatoms. The van der Waals surface area contributed by atoms with Crippen LogP contribution in [0.1, 0.15) is 97.9 Å². The van der Waals surface area contributed by atoms with Gasteiger partial charge < -0.3 is 46.5 Å². The van der Waals surface area contributed by atoms with Gasteiger partial charge in [-0.15, -0.1) is 0 Å². The fourth-order valence-electron chi connectivity index (χ4n) is 6.98. The van der Waals surface area contributed by atoms with Crippen LogP contribution in [0.3, 0.4) is 0 Å². The van der Waals surface area contributed by atoms with Crippen LogP contribution in [0.15, 0.2) is 54.6 Å². The van der Waals surface area contributed by atoms with E-state index in [1.807, 2.05) is 58.9 Å². The molecule has 0 aliphatic carbocycles. The highest BCUT2D eigenvalue weighted by Gasteiger charge is 2.48. The topological polar surface area (TPSA) is 220 Å². The average molecular weight is 882 g/mol. The normalized spacial score (nSPS) is 24.8. The van der Waals surface area contributed by atoms with Crippen molar-refractivity contribution in [3.05, 3.63) is 76.3 Å². The van der Waals surface area contributed by atoms with Crippen molar-refractivity contribution in [3.63, 3.8) is 0 Å². The molecular formula is C46H65ClN6O9. The molecule has 62 heavy (non-hydrogen) atoms. The molecule has 0 aromatic heterocycles. The molecule has 4 rings (SSSR count). The predicted molar refractivity (Wildman–Crippen MR) is 236 cm³/mol. The number of halogens is 1. The first kappa shape index (κ1) is 49.7. The molecule has 340 valence electrons. The van der Waals surface area contributed by atoms with E-state index in [9.17, 15) is 28.8 Å². The smallest absolute Gasteiger partial charge is 0.328 e. The van der Waals surface area contributed by atoms with E-state index < -0.39 is 65.4 Å². The molecule has 2 aliphatic rings. The second-order valence-electron chi connectivity index (χ2n) is 17.8. The van der Waals surface area contributed by atoms with Crippen molar-refractivity contribution in [2.24, 2.45) is 28.9 Å². The largest absolute Gasteiger partial charge is 0.495 e. The lowest BCUT2D eigenvalue weighted by Gasteiger charge is -2.34. The molecule has 0 bridgehead atoms. The van der Waals surface area contributed by atoms with Gasteiger partial charge in [-0.25, -0.2) is 4.79 Å². The number of cyclic esters (lactones) is 1. The third-order valence-electron chi connectivity index (χ3n) is 11.7. The molecule has 2 aromatic carbocycles. The molecule has 1 saturated heterocycles. The summed E-state index contributed by atoms with van der Waals surface area (Å²) in [5.41, 5.74) is 7.13. The minimum absolute atomic E-state index is 0.0238. The summed E-state index contributed by atoms with van der Waals surface area (Å²) in [6, 6.07) is 8.49. The van der Waals surface area contributed by atoms with Gasteiger partial charge in [0, 0.05) is 31.3 Å². The number of methoxy groups -OCH3 is 1. The van der Waals surface area contributed by atoms with Crippen LogP contribution in [0.2, 0.25) is 5.02 Å². The SMILES string of the molecule is COc1ccc(C[C@H]2NC(=O)C=CC[C@@H]([C@H](C)[C@H]3O[C@@H]3c3ccc(CNC(=O)[C@H](C)NC(=O)[C@@H](N)C(C)C)cc3)OC(=O)[C@H](CC(C)C)NC(=O)C(C)(C)C(C)NC2=O)cc1Cl. The molecule has 1 fully saturated rings.